The fraction of sp³-hybridized carbons (Fsp3) is 0.375. The summed E-state index contributed by atoms with van der Waals surface area (Å²) in [5, 5.41) is 7.78. The zero-order chi connectivity index (χ0) is 16.1. The molecule has 0 saturated carbocycles. The fourth-order valence-electron chi connectivity index (χ4n) is 2.21. The molecule has 0 atom stereocenters. The lowest BCUT2D eigenvalue weighted by molar-refractivity contribution is -0.120. The highest BCUT2D eigenvalue weighted by atomic mass is 35.5. The molecule has 0 radical (unpaired) electrons. The first kappa shape index (κ1) is 16.4. The summed E-state index contributed by atoms with van der Waals surface area (Å²) in [7, 11) is 1.88. The van der Waals surface area contributed by atoms with Crippen molar-refractivity contribution < 1.29 is 9.53 Å². The molecule has 118 valence electrons. The van der Waals surface area contributed by atoms with E-state index < -0.39 is 0 Å². The average molecular weight is 322 g/mol. The molecular formula is C16H20ClN3O2. The second-order valence-electron chi connectivity index (χ2n) is 5.11. The van der Waals surface area contributed by atoms with Gasteiger partial charge in [0.15, 0.2) is 0 Å². The molecule has 0 bridgehead atoms. The third-order valence-electron chi connectivity index (χ3n) is 3.49. The summed E-state index contributed by atoms with van der Waals surface area (Å²) >= 11 is 5.87. The van der Waals surface area contributed by atoms with Gasteiger partial charge >= 0.3 is 0 Å². The van der Waals surface area contributed by atoms with E-state index in [9.17, 15) is 4.79 Å². The predicted molar refractivity (Wildman–Crippen MR) is 86.3 cm³/mol. The Bertz CT molecular complexity index is 667. The second-order valence-corrected chi connectivity index (χ2v) is 5.54. The van der Waals surface area contributed by atoms with Gasteiger partial charge in [-0.05, 0) is 32.0 Å². The Labute approximate surface area is 135 Å². The lowest BCUT2D eigenvalue weighted by Crippen LogP contribution is -2.29. The van der Waals surface area contributed by atoms with Crippen LogP contribution in [0.25, 0.3) is 0 Å². The Hall–Kier alpha value is -2.01. The molecule has 0 unspecified atom stereocenters. The van der Waals surface area contributed by atoms with Crippen molar-refractivity contribution in [3.05, 3.63) is 46.2 Å². The fourth-order valence-corrected chi connectivity index (χ4v) is 2.39. The number of nitrogens with one attached hydrogen (secondary N) is 1. The molecule has 5 nitrogen and oxygen atoms in total. The summed E-state index contributed by atoms with van der Waals surface area (Å²) in [6, 6.07) is 7.18. The summed E-state index contributed by atoms with van der Waals surface area (Å²) in [5.41, 5.74) is 2.89. The quantitative estimate of drug-likeness (QED) is 0.831. The number of amides is 1. The predicted octanol–water partition coefficient (Wildman–Crippen LogP) is 2.43. The zero-order valence-corrected chi connectivity index (χ0v) is 13.8. The maximum atomic E-state index is 12.0. The van der Waals surface area contributed by atoms with E-state index in [1.165, 1.54) is 0 Å². The van der Waals surface area contributed by atoms with Crippen molar-refractivity contribution in [1.29, 1.82) is 0 Å². The van der Waals surface area contributed by atoms with E-state index in [4.69, 9.17) is 16.3 Å². The number of carbonyl (C=O) groups excluding carboxylic acids is 1. The number of ether oxygens (including phenoxy) is 1. The van der Waals surface area contributed by atoms with Crippen molar-refractivity contribution in [3.63, 3.8) is 0 Å². The van der Waals surface area contributed by atoms with Gasteiger partial charge in [0, 0.05) is 23.3 Å². The molecule has 1 aromatic carbocycles. The summed E-state index contributed by atoms with van der Waals surface area (Å²) in [5.74, 6) is 0.662. The number of nitrogens with zero attached hydrogens (tertiary/aromatic N) is 2. The Morgan fingerprint density at radius 1 is 1.41 bits per heavy atom. The smallest absolute Gasteiger partial charge is 0.224 e. The molecule has 0 fully saturated rings. The molecule has 6 heteroatoms. The van der Waals surface area contributed by atoms with Gasteiger partial charge in [0.25, 0.3) is 0 Å². The largest absolute Gasteiger partial charge is 0.492 e. The van der Waals surface area contributed by atoms with E-state index in [1.54, 1.807) is 16.8 Å². The molecule has 22 heavy (non-hydrogen) atoms. The van der Waals surface area contributed by atoms with Gasteiger partial charge in [0.05, 0.1) is 18.7 Å². The number of aromatic nitrogens is 2. The van der Waals surface area contributed by atoms with E-state index in [2.05, 4.69) is 10.4 Å². The first-order valence-electron chi connectivity index (χ1n) is 7.11. The standard InChI is InChI=1S/C16H20ClN3O2/c1-11-15(12(2)20(3)19-11)10-16(21)18-7-8-22-14-6-4-5-13(17)9-14/h4-6,9H,7-8,10H2,1-3H3,(H,18,21). The van der Waals surface area contributed by atoms with E-state index in [0.29, 0.717) is 30.3 Å². The van der Waals surface area contributed by atoms with E-state index in [1.807, 2.05) is 33.0 Å². The molecule has 0 saturated heterocycles. The van der Waals surface area contributed by atoms with Crippen molar-refractivity contribution >= 4 is 17.5 Å². The van der Waals surface area contributed by atoms with Crippen molar-refractivity contribution in [3.8, 4) is 5.75 Å². The van der Waals surface area contributed by atoms with Gasteiger partial charge in [-0.25, -0.2) is 0 Å². The molecule has 1 aromatic heterocycles. The lowest BCUT2D eigenvalue weighted by Gasteiger charge is -2.08. The van der Waals surface area contributed by atoms with Gasteiger partial charge in [0.2, 0.25) is 5.91 Å². The van der Waals surface area contributed by atoms with E-state index in [-0.39, 0.29) is 5.91 Å². The van der Waals surface area contributed by atoms with Gasteiger partial charge in [-0.15, -0.1) is 0 Å². The number of rotatable bonds is 6. The molecular weight excluding hydrogens is 302 g/mol. The van der Waals surface area contributed by atoms with Gasteiger partial charge < -0.3 is 10.1 Å². The summed E-state index contributed by atoms with van der Waals surface area (Å²) in [6.07, 6.45) is 0.336. The molecule has 0 aliphatic heterocycles. The molecule has 1 heterocycles. The minimum atomic E-state index is -0.0334. The monoisotopic (exact) mass is 321 g/mol. The summed E-state index contributed by atoms with van der Waals surface area (Å²) in [4.78, 5) is 12.0. The molecule has 0 spiro atoms. The molecule has 1 amide bonds. The van der Waals surface area contributed by atoms with Crippen LogP contribution in [0.2, 0.25) is 5.02 Å². The number of carbonyl (C=O) groups is 1. The van der Waals surface area contributed by atoms with Crippen LogP contribution in [-0.4, -0.2) is 28.8 Å². The maximum Gasteiger partial charge on any atom is 0.224 e. The highest BCUT2D eigenvalue weighted by Gasteiger charge is 2.13. The number of benzene rings is 1. The minimum absolute atomic E-state index is 0.0334. The second kappa shape index (κ2) is 7.31. The van der Waals surface area contributed by atoms with Crippen LogP contribution in [0.5, 0.6) is 5.75 Å². The van der Waals surface area contributed by atoms with E-state index >= 15 is 0 Å². The summed E-state index contributed by atoms with van der Waals surface area (Å²) < 4.78 is 7.32. The van der Waals surface area contributed by atoms with Gasteiger partial charge in [-0.3, -0.25) is 9.48 Å². The third-order valence-corrected chi connectivity index (χ3v) is 3.72. The van der Waals surface area contributed by atoms with Crippen LogP contribution in [0.4, 0.5) is 0 Å². The van der Waals surface area contributed by atoms with Crippen molar-refractivity contribution in [2.45, 2.75) is 20.3 Å². The Balaban J connectivity index is 1.76. The number of hydrogen-bond donors (Lipinski definition) is 1. The number of aryl methyl sites for hydroxylation is 2. The van der Waals surface area contributed by atoms with Crippen molar-refractivity contribution in [2.24, 2.45) is 7.05 Å². The first-order valence-corrected chi connectivity index (χ1v) is 7.49. The van der Waals surface area contributed by atoms with Gasteiger partial charge in [-0.1, -0.05) is 17.7 Å². The Kier molecular flexibility index (Phi) is 5.44. The van der Waals surface area contributed by atoms with Gasteiger partial charge in [-0.2, -0.15) is 5.10 Å². The molecule has 0 aliphatic carbocycles. The average Bonchev–Trinajstić information content (AvgIpc) is 2.70. The molecule has 0 aliphatic rings. The van der Waals surface area contributed by atoms with Crippen molar-refractivity contribution in [2.75, 3.05) is 13.2 Å². The zero-order valence-electron chi connectivity index (χ0n) is 13.0. The van der Waals surface area contributed by atoms with Crippen LogP contribution in [0.15, 0.2) is 24.3 Å². The van der Waals surface area contributed by atoms with Crippen LogP contribution in [0, 0.1) is 13.8 Å². The van der Waals surface area contributed by atoms with Crippen LogP contribution in [0.3, 0.4) is 0 Å². The highest BCUT2D eigenvalue weighted by molar-refractivity contribution is 6.30. The van der Waals surface area contributed by atoms with E-state index in [0.717, 1.165) is 17.0 Å². The number of halogens is 1. The Morgan fingerprint density at radius 2 is 2.18 bits per heavy atom. The SMILES string of the molecule is Cc1nn(C)c(C)c1CC(=O)NCCOc1cccc(Cl)c1. The normalized spacial score (nSPS) is 10.5. The number of hydrogen-bond acceptors (Lipinski definition) is 3. The summed E-state index contributed by atoms with van der Waals surface area (Å²) in [6.45, 7) is 4.73. The van der Waals surface area contributed by atoms with Crippen LogP contribution < -0.4 is 10.1 Å². The maximum absolute atomic E-state index is 12.0. The topological polar surface area (TPSA) is 56.2 Å². The molecule has 1 N–H and O–H groups in total. The molecule has 2 rings (SSSR count). The third kappa shape index (κ3) is 4.24. The van der Waals surface area contributed by atoms with Crippen LogP contribution >= 0.6 is 11.6 Å². The van der Waals surface area contributed by atoms with Crippen LogP contribution in [-0.2, 0) is 18.3 Å². The van der Waals surface area contributed by atoms with Gasteiger partial charge in [0.1, 0.15) is 12.4 Å². The highest BCUT2D eigenvalue weighted by Crippen LogP contribution is 2.16. The molecule has 2 aromatic rings. The minimum Gasteiger partial charge on any atom is -0.492 e. The first-order chi connectivity index (χ1) is 10.5. The Morgan fingerprint density at radius 3 is 2.82 bits per heavy atom. The van der Waals surface area contributed by atoms with Crippen LogP contribution in [0.1, 0.15) is 17.0 Å². The lowest BCUT2D eigenvalue weighted by atomic mass is 10.1. The van der Waals surface area contributed by atoms with Crippen molar-refractivity contribution in [1.82, 2.24) is 15.1 Å².